The highest BCUT2D eigenvalue weighted by molar-refractivity contribution is 8.00. The van der Waals surface area contributed by atoms with Crippen molar-refractivity contribution in [2.24, 2.45) is 11.7 Å². The Kier molecular flexibility index (Phi) is 5.94. The maximum Gasteiger partial charge on any atom is 0.226 e. The number of amides is 1. The summed E-state index contributed by atoms with van der Waals surface area (Å²) in [5, 5.41) is -0.663. The first-order chi connectivity index (χ1) is 8.38. The van der Waals surface area contributed by atoms with E-state index in [9.17, 15) is 13.2 Å². The highest BCUT2D eigenvalue weighted by atomic mass is 32.2. The Morgan fingerprint density at radius 1 is 1.56 bits per heavy atom. The van der Waals surface area contributed by atoms with Crippen molar-refractivity contribution >= 4 is 27.5 Å². The molecule has 0 aromatic carbocycles. The maximum absolute atomic E-state index is 12.3. The van der Waals surface area contributed by atoms with E-state index in [4.69, 9.17) is 5.73 Å². The first-order valence-electron chi connectivity index (χ1n) is 6.15. The van der Waals surface area contributed by atoms with Gasteiger partial charge in [0.25, 0.3) is 0 Å². The molecule has 0 aromatic rings. The van der Waals surface area contributed by atoms with E-state index in [0.29, 0.717) is 18.8 Å². The molecule has 0 aliphatic carbocycles. The SMILES string of the molecule is CC(CCCN)C(=O)N1CCSCC1S(C)(=O)=O. The first-order valence-corrected chi connectivity index (χ1v) is 9.26. The summed E-state index contributed by atoms with van der Waals surface area (Å²) in [5.41, 5.74) is 5.43. The quantitative estimate of drug-likeness (QED) is 0.789. The molecule has 2 atom stereocenters. The van der Waals surface area contributed by atoms with Crippen LogP contribution in [0.15, 0.2) is 0 Å². The number of thioether (sulfide) groups is 1. The molecule has 2 N–H and O–H groups in total. The van der Waals surface area contributed by atoms with Crippen LogP contribution in [0.4, 0.5) is 0 Å². The summed E-state index contributed by atoms with van der Waals surface area (Å²) in [7, 11) is -3.21. The molecular formula is C11H22N2O3S2. The zero-order chi connectivity index (χ0) is 13.8. The lowest BCUT2D eigenvalue weighted by molar-refractivity contribution is -0.135. The molecule has 0 aromatic heterocycles. The van der Waals surface area contributed by atoms with Gasteiger partial charge in [-0.1, -0.05) is 6.92 Å². The largest absolute Gasteiger partial charge is 0.330 e. The number of carbonyl (C=O) groups is 1. The number of hydrogen-bond acceptors (Lipinski definition) is 5. The molecule has 1 saturated heterocycles. The van der Waals surface area contributed by atoms with E-state index in [1.54, 1.807) is 11.8 Å². The van der Waals surface area contributed by atoms with E-state index in [1.165, 1.54) is 11.2 Å². The van der Waals surface area contributed by atoms with Crippen LogP contribution in [0.3, 0.4) is 0 Å². The van der Waals surface area contributed by atoms with Gasteiger partial charge < -0.3 is 10.6 Å². The van der Waals surface area contributed by atoms with Gasteiger partial charge >= 0.3 is 0 Å². The predicted molar refractivity (Wildman–Crippen MR) is 75.1 cm³/mol. The average molecular weight is 294 g/mol. The Labute approximate surface area is 113 Å². The van der Waals surface area contributed by atoms with Crippen LogP contribution in [0.25, 0.3) is 0 Å². The Hall–Kier alpha value is -0.270. The Morgan fingerprint density at radius 2 is 2.22 bits per heavy atom. The van der Waals surface area contributed by atoms with Crippen LogP contribution < -0.4 is 5.73 Å². The van der Waals surface area contributed by atoms with Crippen molar-refractivity contribution in [3.63, 3.8) is 0 Å². The van der Waals surface area contributed by atoms with Gasteiger partial charge in [0.2, 0.25) is 5.91 Å². The number of nitrogens with two attached hydrogens (primary N) is 1. The lowest BCUT2D eigenvalue weighted by atomic mass is 10.0. The van der Waals surface area contributed by atoms with Crippen LogP contribution in [0.1, 0.15) is 19.8 Å². The summed E-state index contributed by atoms with van der Waals surface area (Å²) in [6.45, 7) is 2.93. The third kappa shape index (κ3) is 4.13. The Bertz CT molecular complexity index is 384. The summed E-state index contributed by atoms with van der Waals surface area (Å²) in [6.07, 6.45) is 2.71. The predicted octanol–water partition coefficient (Wildman–Crippen LogP) is 0.308. The van der Waals surface area contributed by atoms with Gasteiger partial charge in [0.1, 0.15) is 5.37 Å². The van der Waals surface area contributed by atoms with Crippen molar-refractivity contribution in [2.45, 2.75) is 25.1 Å². The minimum atomic E-state index is -3.21. The lowest BCUT2D eigenvalue weighted by Gasteiger charge is -2.35. The molecule has 106 valence electrons. The van der Waals surface area contributed by atoms with Crippen LogP contribution in [0, 0.1) is 5.92 Å². The summed E-state index contributed by atoms with van der Waals surface area (Å²) in [5.74, 6) is 1.08. The van der Waals surface area contributed by atoms with Crippen molar-refractivity contribution in [3.8, 4) is 0 Å². The van der Waals surface area contributed by atoms with Gasteiger partial charge in [-0.3, -0.25) is 4.79 Å². The van der Waals surface area contributed by atoms with Crippen LogP contribution in [-0.2, 0) is 14.6 Å². The summed E-state index contributed by atoms with van der Waals surface area (Å²) >= 11 is 1.59. The Balaban J connectivity index is 2.74. The molecule has 0 saturated carbocycles. The molecule has 2 unspecified atom stereocenters. The molecule has 1 aliphatic heterocycles. The van der Waals surface area contributed by atoms with Gasteiger partial charge in [-0.25, -0.2) is 8.42 Å². The van der Waals surface area contributed by atoms with E-state index in [0.717, 1.165) is 18.6 Å². The molecule has 1 aliphatic rings. The van der Waals surface area contributed by atoms with Gasteiger partial charge in [0, 0.05) is 30.2 Å². The number of carbonyl (C=O) groups excluding carboxylic acids is 1. The fraction of sp³-hybridized carbons (Fsp3) is 0.909. The van der Waals surface area contributed by atoms with Gasteiger partial charge in [-0.05, 0) is 19.4 Å². The van der Waals surface area contributed by atoms with Crippen molar-refractivity contribution in [1.29, 1.82) is 0 Å². The fourth-order valence-corrected chi connectivity index (χ4v) is 4.84. The molecule has 1 rings (SSSR count). The van der Waals surface area contributed by atoms with Crippen LogP contribution in [-0.4, -0.2) is 55.4 Å². The average Bonchev–Trinajstić information content (AvgIpc) is 2.34. The minimum absolute atomic E-state index is 0.0563. The van der Waals surface area contributed by atoms with Gasteiger partial charge in [-0.15, -0.1) is 0 Å². The zero-order valence-electron chi connectivity index (χ0n) is 11.0. The molecule has 7 heteroatoms. The number of hydrogen-bond donors (Lipinski definition) is 1. The molecule has 0 spiro atoms. The van der Waals surface area contributed by atoms with E-state index in [1.807, 2.05) is 6.92 Å². The van der Waals surface area contributed by atoms with Crippen molar-refractivity contribution in [1.82, 2.24) is 4.90 Å². The summed E-state index contributed by atoms with van der Waals surface area (Å²) in [4.78, 5) is 13.8. The maximum atomic E-state index is 12.3. The topological polar surface area (TPSA) is 80.5 Å². The Morgan fingerprint density at radius 3 is 2.78 bits per heavy atom. The smallest absolute Gasteiger partial charge is 0.226 e. The van der Waals surface area contributed by atoms with E-state index >= 15 is 0 Å². The second-order valence-corrected chi connectivity index (χ2v) is 8.08. The monoisotopic (exact) mass is 294 g/mol. The van der Waals surface area contributed by atoms with E-state index in [-0.39, 0.29) is 11.8 Å². The van der Waals surface area contributed by atoms with Crippen LogP contribution >= 0.6 is 11.8 Å². The van der Waals surface area contributed by atoms with Gasteiger partial charge in [0.05, 0.1) is 0 Å². The molecule has 0 radical (unpaired) electrons. The van der Waals surface area contributed by atoms with E-state index in [2.05, 4.69) is 0 Å². The van der Waals surface area contributed by atoms with Crippen molar-refractivity contribution < 1.29 is 13.2 Å². The molecule has 18 heavy (non-hydrogen) atoms. The number of sulfone groups is 1. The highest BCUT2D eigenvalue weighted by Crippen LogP contribution is 2.23. The van der Waals surface area contributed by atoms with Gasteiger partial charge in [0.15, 0.2) is 9.84 Å². The lowest BCUT2D eigenvalue weighted by Crippen LogP contribution is -2.51. The molecule has 5 nitrogen and oxygen atoms in total. The normalized spacial score (nSPS) is 22.8. The van der Waals surface area contributed by atoms with E-state index < -0.39 is 15.2 Å². The first kappa shape index (κ1) is 15.8. The van der Waals surface area contributed by atoms with Crippen molar-refractivity contribution in [2.75, 3.05) is 30.9 Å². The third-order valence-electron chi connectivity index (χ3n) is 3.12. The highest BCUT2D eigenvalue weighted by Gasteiger charge is 2.35. The molecule has 1 heterocycles. The fourth-order valence-electron chi connectivity index (χ4n) is 2.02. The standard InChI is InChI=1S/C11H22N2O3S2/c1-9(4-3-5-12)11(14)13-6-7-17-8-10(13)18(2,15)16/h9-10H,3-8,12H2,1-2H3. The molecular weight excluding hydrogens is 272 g/mol. The number of nitrogens with zero attached hydrogens (tertiary/aromatic N) is 1. The summed E-state index contributed by atoms with van der Waals surface area (Å²) < 4.78 is 23.4. The molecule has 1 fully saturated rings. The second kappa shape index (κ2) is 6.77. The third-order valence-corrected chi connectivity index (χ3v) is 5.77. The zero-order valence-corrected chi connectivity index (χ0v) is 12.6. The number of rotatable bonds is 5. The molecule has 0 bridgehead atoms. The second-order valence-electron chi connectivity index (χ2n) is 4.72. The minimum Gasteiger partial charge on any atom is -0.330 e. The molecule has 1 amide bonds. The van der Waals surface area contributed by atoms with Gasteiger partial charge in [-0.2, -0.15) is 11.8 Å². The van der Waals surface area contributed by atoms with Crippen molar-refractivity contribution in [3.05, 3.63) is 0 Å². The van der Waals surface area contributed by atoms with Crippen LogP contribution in [0.5, 0.6) is 0 Å². The summed E-state index contributed by atoms with van der Waals surface area (Å²) in [6, 6.07) is 0. The van der Waals surface area contributed by atoms with Crippen LogP contribution in [0.2, 0.25) is 0 Å².